The Morgan fingerprint density at radius 1 is 1.11 bits per heavy atom. The van der Waals surface area contributed by atoms with Gasteiger partial charge in [-0.15, -0.1) is 0 Å². The maximum absolute atomic E-state index is 12.0. The summed E-state index contributed by atoms with van der Waals surface area (Å²) in [6.45, 7) is 0.384. The molecule has 5 nitrogen and oxygen atoms in total. The predicted molar refractivity (Wildman–Crippen MR) is 98.7 cm³/mol. The van der Waals surface area contributed by atoms with E-state index in [-0.39, 0.29) is 5.78 Å². The summed E-state index contributed by atoms with van der Waals surface area (Å²) in [4.78, 5) is 16.4. The SMILES string of the molecule is N#Cc1ccc(C(Oc2ccc3c(c2)OCCC3=O)c2ccccn2)cc1. The van der Waals surface area contributed by atoms with Crippen LogP contribution >= 0.6 is 0 Å². The van der Waals surface area contributed by atoms with E-state index in [2.05, 4.69) is 11.1 Å². The molecular formula is C22H16N2O3. The molecule has 1 aromatic heterocycles. The maximum Gasteiger partial charge on any atom is 0.169 e. The summed E-state index contributed by atoms with van der Waals surface area (Å²) in [5.41, 5.74) is 2.79. The van der Waals surface area contributed by atoms with Crippen molar-refractivity contribution >= 4 is 5.78 Å². The van der Waals surface area contributed by atoms with Crippen molar-refractivity contribution in [1.29, 1.82) is 5.26 Å². The van der Waals surface area contributed by atoms with Crippen LogP contribution in [-0.2, 0) is 0 Å². The number of nitriles is 1. The zero-order valence-corrected chi connectivity index (χ0v) is 14.5. The average Bonchev–Trinajstić information content (AvgIpc) is 2.73. The Hall–Kier alpha value is -3.65. The van der Waals surface area contributed by atoms with Crippen LogP contribution in [0.2, 0.25) is 0 Å². The largest absolute Gasteiger partial charge is 0.492 e. The molecule has 27 heavy (non-hydrogen) atoms. The summed E-state index contributed by atoms with van der Waals surface area (Å²) in [6.07, 6.45) is 1.66. The second-order valence-corrected chi connectivity index (χ2v) is 6.17. The minimum atomic E-state index is -0.448. The number of hydrogen-bond acceptors (Lipinski definition) is 5. The number of carbonyl (C=O) groups excluding carboxylic acids is 1. The van der Waals surface area contributed by atoms with E-state index < -0.39 is 6.10 Å². The van der Waals surface area contributed by atoms with Crippen molar-refractivity contribution in [3.63, 3.8) is 0 Å². The second-order valence-electron chi connectivity index (χ2n) is 6.17. The van der Waals surface area contributed by atoms with E-state index in [9.17, 15) is 4.79 Å². The molecule has 3 aromatic rings. The number of Topliss-reactive ketones (excluding diaryl/α,β-unsaturated/α-hetero) is 1. The molecular weight excluding hydrogens is 340 g/mol. The highest BCUT2D eigenvalue weighted by Gasteiger charge is 2.22. The first kappa shape index (κ1) is 16.8. The number of hydrogen-bond donors (Lipinski definition) is 0. The van der Waals surface area contributed by atoms with E-state index >= 15 is 0 Å². The Balaban J connectivity index is 1.69. The highest BCUT2D eigenvalue weighted by molar-refractivity contribution is 5.99. The van der Waals surface area contributed by atoms with Crippen molar-refractivity contribution in [3.05, 3.63) is 89.2 Å². The normalized spacial score (nSPS) is 13.8. The monoisotopic (exact) mass is 356 g/mol. The molecule has 2 heterocycles. The van der Waals surface area contributed by atoms with Crippen molar-refractivity contribution in [3.8, 4) is 17.6 Å². The number of nitrogens with zero attached hydrogens (tertiary/aromatic N) is 2. The van der Waals surface area contributed by atoms with Crippen LogP contribution in [0.5, 0.6) is 11.5 Å². The number of benzene rings is 2. The van der Waals surface area contributed by atoms with E-state index in [4.69, 9.17) is 14.7 Å². The van der Waals surface area contributed by atoms with Gasteiger partial charge in [-0.05, 0) is 42.0 Å². The summed E-state index contributed by atoms with van der Waals surface area (Å²) in [7, 11) is 0. The van der Waals surface area contributed by atoms with Crippen LogP contribution in [0.3, 0.4) is 0 Å². The quantitative estimate of drug-likeness (QED) is 0.704. The number of ketones is 1. The van der Waals surface area contributed by atoms with E-state index in [0.29, 0.717) is 35.7 Å². The molecule has 1 atom stereocenters. The van der Waals surface area contributed by atoms with Crippen molar-refractivity contribution in [1.82, 2.24) is 4.98 Å². The van der Waals surface area contributed by atoms with E-state index in [0.717, 1.165) is 11.3 Å². The van der Waals surface area contributed by atoms with Crippen LogP contribution in [0.15, 0.2) is 66.9 Å². The van der Waals surface area contributed by atoms with Gasteiger partial charge in [0.1, 0.15) is 11.5 Å². The Morgan fingerprint density at radius 3 is 2.70 bits per heavy atom. The number of fused-ring (bicyclic) bond motifs is 1. The zero-order valence-electron chi connectivity index (χ0n) is 14.5. The third kappa shape index (κ3) is 3.51. The van der Waals surface area contributed by atoms with Crippen LogP contribution in [0.4, 0.5) is 0 Å². The van der Waals surface area contributed by atoms with Gasteiger partial charge in [0.05, 0.1) is 29.5 Å². The Kier molecular flexibility index (Phi) is 4.54. The molecule has 5 heteroatoms. The third-order valence-corrected chi connectivity index (χ3v) is 4.39. The van der Waals surface area contributed by atoms with E-state index in [1.54, 1.807) is 36.5 Å². The molecule has 132 valence electrons. The fourth-order valence-electron chi connectivity index (χ4n) is 3.01. The smallest absolute Gasteiger partial charge is 0.169 e. The van der Waals surface area contributed by atoms with Crippen LogP contribution in [-0.4, -0.2) is 17.4 Å². The Bertz CT molecular complexity index is 1010. The van der Waals surface area contributed by atoms with Gasteiger partial charge in [-0.25, -0.2) is 0 Å². The van der Waals surface area contributed by atoms with Crippen molar-refractivity contribution in [2.75, 3.05) is 6.61 Å². The minimum absolute atomic E-state index is 0.0798. The molecule has 1 unspecified atom stereocenters. The first-order valence-corrected chi connectivity index (χ1v) is 8.62. The van der Waals surface area contributed by atoms with E-state index in [1.807, 2.05) is 30.3 Å². The Labute approximate surface area is 156 Å². The molecule has 0 saturated carbocycles. The van der Waals surface area contributed by atoms with Crippen LogP contribution in [0.1, 0.15) is 39.7 Å². The molecule has 0 saturated heterocycles. The Morgan fingerprint density at radius 2 is 1.96 bits per heavy atom. The van der Waals surface area contributed by atoms with Gasteiger partial charge in [0, 0.05) is 18.7 Å². The van der Waals surface area contributed by atoms with Crippen molar-refractivity contribution in [2.24, 2.45) is 0 Å². The second kappa shape index (κ2) is 7.30. The predicted octanol–water partition coefficient (Wildman–Crippen LogP) is 4.09. The fraction of sp³-hybridized carbons (Fsp3) is 0.136. The molecule has 1 aliphatic rings. The topological polar surface area (TPSA) is 72.2 Å². The number of carbonyl (C=O) groups is 1. The molecule has 0 amide bonds. The zero-order chi connectivity index (χ0) is 18.6. The van der Waals surface area contributed by atoms with Crippen LogP contribution < -0.4 is 9.47 Å². The molecule has 0 spiro atoms. The molecule has 2 aromatic carbocycles. The maximum atomic E-state index is 12.0. The van der Waals surface area contributed by atoms with Gasteiger partial charge < -0.3 is 9.47 Å². The summed E-state index contributed by atoms with van der Waals surface area (Å²) >= 11 is 0. The first-order valence-electron chi connectivity index (χ1n) is 8.62. The van der Waals surface area contributed by atoms with Gasteiger partial charge in [0.15, 0.2) is 11.9 Å². The summed E-state index contributed by atoms with van der Waals surface area (Å²) in [5.74, 6) is 1.21. The lowest BCUT2D eigenvalue weighted by Gasteiger charge is -2.21. The van der Waals surface area contributed by atoms with Gasteiger partial charge in [0.25, 0.3) is 0 Å². The number of rotatable bonds is 4. The lowest BCUT2D eigenvalue weighted by Crippen LogP contribution is -2.16. The highest BCUT2D eigenvalue weighted by Crippen LogP contribution is 2.33. The lowest BCUT2D eigenvalue weighted by molar-refractivity contribution is 0.0933. The summed E-state index contributed by atoms with van der Waals surface area (Å²) in [5, 5.41) is 9.02. The molecule has 0 N–H and O–H groups in total. The van der Waals surface area contributed by atoms with Gasteiger partial charge >= 0.3 is 0 Å². The molecule has 0 bridgehead atoms. The minimum Gasteiger partial charge on any atom is -0.492 e. The highest BCUT2D eigenvalue weighted by atomic mass is 16.5. The van der Waals surface area contributed by atoms with Crippen molar-refractivity contribution < 1.29 is 14.3 Å². The molecule has 1 aliphatic heterocycles. The summed E-state index contributed by atoms with van der Waals surface area (Å²) < 4.78 is 11.8. The van der Waals surface area contributed by atoms with Crippen molar-refractivity contribution in [2.45, 2.75) is 12.5 Å². The van der Waals surface area contributed by atoms with Gasteiger partial charge in [-0.2, -0.15) is 5.26 Å². The number of ether oxygens (including phenoxy) is 2. The van der Waals surface area contributed by atoms with Gasteiger partial charge in [-0.1, -0.05) is 18.2 Å². The molecule has 4 rings (SSSR count). The molecule has 0 radical (unpaired) electrons. The summed E-state index contributed by atoms with van der Waals surface area (Å²) in [6, 6.07) is 20.2. The molecule has 0 fully saturated rings. The fourth-order valence-corrected chi connectivity index (χ4v) is 3.01. The van der Waals surface area contributed by atoms with Gasteiger partial charge in [0.2, 0.25) is 0 Å². The van der Waals surface area contributed by atoms with E-state index in [1.165, 1.54) is 0 Å². The molecule has 0 aliphatic carbocycles. The number of aromatic nitrogens is 1. The average molecular weight is 356 g/mol. The standard InChI is InChI=1S/C22H16N2O3/c23-14-15-4-6-16(7-5-15)22(19-3-1-2-11-24-19)27-17-8-9-18-20(25)10-12-26-21(18)13-17/h1-9,11,13,22H,10,12H2. The van der Waals surface area contributed by atoms with Gasteiger partial charge in [-0.3, -0.25) is 9.78 Å². The van der Waals surface area contributed by atoms with Crippen LogP contribution in [0, 0.1) is 11.3 Å². The lowest BCUT2D eigenvalue weighted by atomic mass is 10.0. The van der Waals surface area contributed by atoms with Crippen LogP contribution in [0.25, 0.3) is 0 Å². The third-order valence-electron chi connectivity index (χ3n) is 4.39. The number of pyridine rings is 1. The first-order chi connectivity index (χ1) is 13.2.